The van der Waals surface area contributed by atoms with Crippen LogP contribution in [0.15, 0.2) is 24.4 Å². The molecule has 0 radical (unpaired) electrons. The van der Waals surface area contributed by atoms with E-state index >= 15 is 0 Å². The van der Waals surface area contributed by atoms with E-state index in [1.54, 1.807) is 6.20 Å². The Morgan fingerprint density at radius 2 is 2.23 bits per heavy atom. The zero-order valence-electron chi connectivity index (χ0n) is 13.0. The highest BCUT2D eigenvalue weighted by Crippen LogP contribution is 2.29. The second-order valence-electron chi connectivity index (χ2n) is 5.95. The molecule has 2 aromatic rings. The molecule has 0 bridgehead atoms. The van der Waals surface area contributed by atoms with Crippen LogP contribution in [0.5, 0.6) is 5.88 Å². The van der Waals surface area contributed by atoms with Crippen molar-refractivity contribution in [3.63, 3.8) is 0 Å². The fourth-order valence-electron chi connectivity index (χ4n) is 2.36. The van der Waals surface area contributed by atoms with Gasteiger partial charge in [0.1, 0.15) is 5.69 Å². The van der Waals surface area contributed by atoms with Gasteiger partial charge >= 0.3 is 0 Å². The lowest BCUT2D eigenvalue weighted by Gasteiger charge is -2.08. The zero-order chi connectivity index (χ0) is 15.5. The predicted molar refractivity (Wildman–Crippen MR) is 83.9 cm³/mol. The first-order valence-corrected chi connectivity index (χ1v) is 7.64. The highest BCUT2D eigenvalue weighted by Gasteiger charge is 2.22. The molecular weight excluding hydrogens is 278 g/mol. The topological polar surface area (TPSA) is 67.0 Å². The Morgan fingerprint density at radius 1 is 1.41 bits per heavy atom. The Morgan fingerprint density at radius 3 is 2.91 bits per heavy atom. The molecule has 0 atom stereocenters. The van der Waals surface area contributed by atoms with Crippen LogP contribution < -0.4 is 10.1 Å². The van der Waals surface area contributed by atoms with Gasteiger partial charge in [-0.1, -0.05) is 0 Å². The summed E-state index contributed by atoms with van der Waals surface area (Å²) in [5.41, 5.74) is 3.55. The van der Waals surface area contributed by atoms with Gasteiger partial charge in [0.25, 0.3) is 5.91 Å². The summed E-state index contributed by atoms with van der Waals surface area (Å²) in [5.74, 6) is 1.23. The molecule has 0 unspecified atom stereocenters. The molecule has 2 N–H and O–H groups in total. The standard InChI is InChI=1S/C17H21N3O2/c1-11-7-12(2)20-16(11)17(21)19-9-14-5-6-18-15(8-14)22-10-13-3-4-13/h5-8,13,20H,3-4,9-10H2,1-2H3,(H,19,21). The molecule has 0 spiro atoms. The molecule has 1 fully saturated rings. The molecule has 2 aromatic heterocycles. The first kappa shape index (κ1) is 14.6. The lowest BCUT2D eigenvalue weighted by molar-refractivity contribution is 0.0945. The lowest BCUT2D eigenvalue weighted by Crippen LogP contribution is -2.24. The van der Waals surface area contributed by atoms with Crippen molar-refractivity contribution in [2.45, 2.75) is 33.2 Å². The molecule has 0 aromatic carbocycles. The van der Waals surface area contributed by atoms with Crippen molar-refractivity contribution < 1.29 is 9.53 Å². The Labute approximate surface area is 130 Å². The normalized spacial score (nSPS) is 13.9. The highest BCUT2D eigenvalue weighted by atomic mass is 16.5. The van der Waals surface area contributed by atoms with Crippen molar-refractivity contribution >= 4 is 5.91 Å². The minimum atomic E-state index is -0.0946. The Bertz CT molecular complexity index is 674. The number of hydrogen-bond donors (Lipinski definition) is 2. The van der Waals surface area contributed by atoms with E-state index in [-0.39, 0.29) is 5.91 Å². The number of carbonyl (C=O) groups excluding carboxylic acids is 1. The second-order valence-corrected chi connectivity index (χ2v) is 5.95. The number of ether oxygens (including phenoxy) is 1. The number of H-pyrrole nitrogens is 1. The van der Waals surface area contributed by atoms with Crippen LogP contribution in [-0.4, -0.2) is 22.5 Å². The van der Waals surface area contributed by atoms with Gasteiger partial charge in [-0.15, -0.1) is 0 Å². The summed E-state index contributed by atoms with van der Waals surface area (Å²) < 4.78 is 5.65. The third-order valence-electron chi connectivity index (χ3n) is 3.79. The summed E-state index contributed by atoms with van der Waals surface area (Å²) in [7, 11) is 0. The highest BCUT2D eigenvalue weighted by molar-refractivity contribution is 5.93. The van der Waals surface area contributed by atoms with Gasteiger partial charge in [-0.05, 0) is 55.9 Å². The van der Waals surface area contributed by atoms with Crippen LogP contribution in [-0.2, 0) is 6.54 Å². The van der Waals surface area contributed by atoms with Crippen LogP contribution >= 0.6 is 0 Å². The van der Waals surface area contributed by atoms with Crippen molar-refractivity contribution in [1.29, 1.82) is 0 Å². The average Bonchev–Trinajstić information content (AvgIpc) is 3.27. The van der Waals surface area contributed by atoms with E-state index in [0.717, 1.165) is 23.4 Å². The third kappa shape index (κ3) is 3.67. The monoisotopic (exact) mass is 299 g/mol. The molecule has 22 heavy (non-hydrogen) atoms. The number of aryl methyl sites for hydroxylation is 2. The zero-order valence-corrected chi connectivity index (χ0v) is 13.0. The minimum absolute atomic E-state index is 0.0946. The number of pyridine rings is 1. The number of aromatic nitrogens is 2. The Kier molecular flexibility index (Phi) is 4.13. The summed E-state index contributed by atoms with van der Waals surface area (Å²) in [6.07, 6.45) is 4.23. The number of carbonyl (C=O) groups is 1. The summed E-state index contributed by atoms with van der Waals surface area (Å²) in [4.78, 5) is 19.5. The van der Waals surface area contributed by atoms with E-state index in [2.05, 4.69) is 15.3 Å². The van der Waals surface area contributed by atoms with Crippen LogP contribution in [0.3, 0.4) is 0 Å². The van der Waals surface area contributed by atoms with Crippen LogP contribution in [0.4, 0.5) is 0 Å². The summed E-state index contributed by atoms with van der Waals surface area (Å²) in [6, 6.07) is 5.73. The van der Waals surface area contributed by atoms with E-state index < -0.39 is 0 Å². The Balaban J connectivity index is 1.57. The summed E-state index contributed by atoms with van der Waals surface area (Å²) in [5, 5.41) is 2.92. The van der Waals surface area contributed by atoms with Gasteiger partial charge < -0.3 is 15.0 Å². The van der Waals surface area contributed by atoms with Gasteiger partial charge in [0.15, 0.2) is 0 Å². The number of nitrogens with zero attached hydrogens (tertiary/aromatic N) is 1. The third-order valence-corrected chi connectivity index (χ3v) is 3.79. The fraction of sp³-hybridized carbons (Fsp3) is 0.412. The maximum atomic E-state index is 12.2. The molecular formula is C17H21N3O2. The largest absolute Gasteiger partial charge is 0.477 e. The molecule has 1 amide bonds. The molecule has 5 nitrogen and oxygen atoms in total. The molecule has 1 aliphatic rings. The minimum Gasteiger partial charge on any atom is -0.477 e. The molecule has 2 heterocycles. The van der Waals surface area contributed by atoms with Crippen molar-refractivity contribution in [2.75, 3.05) is 6.61 Å². The van der Waals surface area contributed by atoms with Gasteiger partial charge in [0.2, 0.25) is 5.88 Å². The Hall–Kier alpha value is -2.30. The molecule has 0 saturated heterocycles. The van der Waals surface area contributed by atoms with Crippen LogP contribution in [0.25, 0.3) is 0 Å². The van der Waals surface area contributed by atoms with Gasteiger partial charge in [-0.2, -0.15) is 0 Å². The van der Waals surface area contributed by atoms with Crippen molar-refractivity contribution in [2.24, 2.45) is 5.92 Å². The molecule has 1 saturated carbocycles. The van der Waals surface area contributed by atoms with Crippen molar-refractivity contribution in [3.05, 3.63) is 46.9 Å². The van der Waals surface area contributed by atoms with Gasteiger partial charge in [-0.3, -0.25) is 4.79 Å². The maximum Gasteiger partial charge on any atom is 0.268 e. The van der Waals surface area contributed by atoms with Gasteiger partial charge in [0, 0.05) is 24.5 Å². The van der Waals surface area contributed by atoms with Gasteiger partial charge in [-0.25, -0.2) is 4.98 Å². The SMILES string of the molecule is Cc1cc(C)c(C(=O)NCc2ccnc(OCC3CC3)c2)[nH]1. The van der Waals surface area contributed by atoms with Crippen molar-refractivity contribution in [1.82, 2.24) is 15.3 Å². The smallest absolute Gasteiger partial charge is 0.268 e. The van der Waals surface area contributed by atoms with E-state index in [1.165, 1.54) is 12.8 Å². The summed E-state index contributed by atoms with van der Waals surface area (Å²) >= 11 is 0. The molecule has 3 rings (SSSR count). The van der Waals surface area contributed by atoms with Crippen LogP contribution in [0.1, 0.15) is 40.2 Å². The van der Waals surface area contributed by atoms with E-state index in [1.807, 2.05) is 32.0 Å². The molecule has 1 aliphatic carbocycles. The molecule has 5 heteroatoms. The van der Waals surface area contributed by atoms with Crippen LogP contribution in [0.2, 0.25) is 0 Å². The summed E-state index contributed by atoms with van der Waals surface area (Å²) in [6.45, 7) is 5.06. The van der Waals surface area contributed by atoms with E-state index in [4.69, 9.17) is 4.74 Å². The molecule has 0 aliphatic heterocycles. The van der Waals surface area contributed by atoms with Crippen molar-refractivity contribution in [3.8, 4) is 5.88 Å². The first-order valence-electron chi connectivity index (χ1n) is 7.64. The predicted octanol–water partition coefficient (Wildman–Crippen LogP) is 2.75. The molecule has 116 valence electrons. The number of aromatic amines is 1. The average molecular weight is 299 g/mol. The number of rotatable bonds is 6. The maximum absolute atomic E-state index is 12.2. The quantitative estimate of drug-likeness (QED) is 0.862. The fourth-order valence-corrected chi connectivity index (χ4v) is 2.36. The number of hydrogen-bond acceptors (Lipinski definition) is 3. The lowest BCUT2D eigenvalue weighted by atomic mass is 10.2. The van der Waals surface area contributed by atoms with E-state index in [9.17, 15) is 4.79 Å². The second kappa shape index (κ2) is 6.22. The van der Waals surface area contributed by atoms with E-state index in [0.29, 0.717) is 24.0 Å². The first-order chi connectivity index (χ1) is 10.6. The number of amides is 1. The van der Waals surface area contributed by atoms with Gasteiger partial charge in [0.05, 0.1) is 6.61 Å². The number of nitrogens with one attached hydrogen (secondary N) is 2. The van der Waals surface area contributed by atoms with Crippen LogP contribution in [0, 0.1) is 19.8 Å².